The molecule has 118 valence electrons. The molecule has 8 heteroatoms. The van der Waals surface area contributed by atoms with Crippen molar-refractivity contribution in [2.75, 3.05) is 6.61 Å². The first-order valence-electron chi connectivity index (χ1n) is 6.63. The normalized spacial score (nSPS) is 13.0. The number of ketones is 1. The molecule has 0 unspecified atom stereocenters. The molecule has 0 radical (unpaired) electrons. The zero-order valence-electron chi connectivity index (χ0n) is 12.4. The molecule has 1 amide bonds. The second kappa shape index (κ2) is 9.79. The number of hydrogen-bond donors (Lipinski definition) is 2. The van der Waals surface area contributed by atoms with Crippen molar-refractivity contribution in [3.05, 3.63) is 5.53 Å². The molecule has 0 aliphatic heterocycles. The monoisotopic (exact) mass is 299 g/mol. The van der Waals surface area contributed by atoms with Gasteiger partial charge in [0.05, 0.1) is 18.6 Å². The van der Waals surface area contributed by atoms with Crippen LogP contribution in [0.25, 0.3) is 5.53 Å². The highest BCUT2D eigenvalue weighted by atomic mass is 16.5. The van der Waals surface area contributed by atoms with Gasteiger partial charge in [-0.25, -0.2) is 4.79 Å². The number of aliphatic hydroxyl groups is 1. The molecule has 2 atom stereocenters. The molecule has 0 rings (SSSR count). The fraction of sp³-hybridized carbons (Fsp3) is 0.692. The van der Waals surface area contributed by atoms with E-state index in [2.05, 4.69) is 10.1 Å². The van der Waals surface area contributed by atoms with E-state index in [0.29, 0.717) is 0 Å². The number of aliphatic hydroxyl groups excluding tert-OH is 1. The lowest BCUT2D eigenvalue weighted by Crippen LogP contribution is -2.45. The number of esters is 1. The molecule has 0 spiro atoms. The number of amides is 1. The maximum absolute atomic E-state index is 11.9. The summed E-state index contributed by atoms with van der Waals surface area (Å²) < 4.78 is 5.01. The summed E-state index contributed by atoms with van der Waals surface area (Å²) in [5, 5.41) is 11.4. The summed E-state index contributed by atoms with van der Waals surface area (Å²) in [6.45, 7) is 4.48. The maximum atomic E-state index is 11.9. The van der Waals surface area contributed by atoms with Gasteiger partial charge in [0, 0.05) is 6.42 Å². The topological polar surface area (TPSA) is 129 Å². The standard InChI is InChI=1S/C13H21N3O5/c1-8(2)21-13(20)11(5-4-10(18)6-15-14)16-12(19)9(3)7-17/h6,8-9,11,17H,4-5,7H2,1-3H3,(H,16,19)/t9-,11-/m0/s1. The van der Waals surface area contributed by atoms with Gasteiger partial charge in [-0.05, 0) is 20.3 Å². The molecule has 8 nitrogen and oxygen atoms in total. The minimum Gasteiger partial charge on any atom is -0.461 e. The van der Waals surface area contributed by atoms with Crippen LogP contribution in [0.4, 0.5) is 0 Å². The van der Waals surface area contributed by atoms with Crippen molar-refractivity contribution in [1.82, 2.24) is 5.32 Å². The van der Waals surface area contributed by atoms with Crippen LogP contribution in [0.2, 0.25) is 0 Å². The van der Waals surface area contributed by atoms with Crippen molar-refractivity contribution in [2.24, 2.45) is 5.92 Å². The summed E-state index contributed by atoms with van der Waals surface area (Å²) in [7, 11) is 0. The Morgan fingerprint density at radius 1 is 1.33 bits per heavy atom. The molecular formula is C13H21N3O5. The lowest BCUT2D eigenvalue weighted by atomic mass is 10.1. The fourth-order valence-corrected chi connectivity index (χ4v) is 1.38. The number of rotatable bonds is 9. The van der Waals surface area contributed by atoms with E-state index in [9.17, 15) is 14.4 Å². The summed E-state index contributed by atoms with van der Waals surface area (Å²) in [5.41, 5.74) is 8.24. The predicted octanol–water partition coefficient (Wildman–Crippen LogP) is -0.299. The Labute approximate surface area is 123 Å². The minimum atomic E-state index is -0.995. The molecule has 0 saturated carbocycles. The number of carbonyl (C=O) groups excluding carboxylic acids is 3. The van der Waals surface area contributed by atoms with Crippen LogP contribution in [0.1, 0.15) is 33.6 Å². The van der Waals surface area contributed by atoms with Gasteiger partial charge in [0.2, 0.25) is 11.7 Å². The van der Waals surface area contributed by atoms with Crippen LogP contribution in [0, 0.1) is 5.92 Å². The van der Waals surface area contributed by atoms with E-state index in [-0.39, 0.29) is 25.6 Å². The molecule has 21 heavy (non-hydrogen) atoms. The van der Waals surface area contributed by atoms with Gasteiger partial charge in [-0.3, -0.25) is 9.59 Å². The van der Waals surface area contributed by atoms with Crippen molar-refractivity contribution in [3.63, 3.8) is 0 Å². The number of hydrogen-bond acceptors (Lipinski definition) is 5. The Bertz CT molecular complexity index is 430. The van der Waals surface area contributed by atoms with Crippen LogP contribution in [0.5, 0.6) is 0 Å². The lowest BCUT2D eigenvalue weighted by molar-refractivity contribution is -0.152. The molecule has 2 N–H and O–H groups in total. The van der Waals surface area contributed by atoms with E-state index in [0.717, 1.165) is 6.21 Å². The van der Waals surface area contributed by atoms with Crippen LogP contribution < -0.4 is 5.32 Å². The summed E-state index contributed by atoms with van der Waals surface area (Å²) in [6, 6.07) is -0.995. The Kier molecular flexibility index (Phi) is 8.84. The molecular weight excluding hydrogens is 278 g/mol. The summed E-state index contributed by atoms with van der Waals surface area (Å²) in [4.78, 5) is 37.4. The van der Waals surface area contributed by atoms with Crippen LogP contribution in [-0.4, -0.2) is 52.5 Å². The van der Waals surface area contributed by atoms with Gasteiger partial charge in [0.1, 0.15) is 6.04 Å². The lowest BCUT2D eigenvalue weighted by Gasteiger charge is -2.20. The molecule has 0 saturated heterocycles. The van der Waals surface area contributed by atoms with E-state index in [4.69, 9.17) is 15.4 Å². The third kappa shape index (κ3) is 7.96. The SMILES string of the molecule is CC(C)OC(=O)[C@H](CCC(=O)C=[N+]=[N-])NC(=O)[C@@H](C)CO. The van der Waals surface area contributed by atoms with Crippen molar-refractivity contribution in [2.45, 2.75) is 45.8 Å². The first kappa shape index (κ1) is 18.9. The zero-order chi connectivity index (χ0) is 16.4. The van der Waals surface area contributed by atoms with Gasteiger partial charge in [0.25, 0.3) is 0 Å². The highest BCUT2D eigenvalue weighted by Crippen LogP contribution is 2.05. The Balaban J connectivity index is 4.75. The van der Waals surface area contributed by atoms with E-state index in [1.54, 1.807) is 13.8 Å². The van der Waals surface area contributed by atoms with Crippen LogP contribution in [0.3, 0.4) is 0 Å². The van der Waals surface area contributed by atoms with Gasteiger partial charge < -0.3 is 20.7 Å². The smallest absolute Gasteiger partial charge is 0.328 e. The van der Waals surface area contributed by atoms with Gasteiger partial charge in [0.15, 0.2) is 0 Å². The quantitative estimate of drug-likeness (QED) is 0.261. The van der Waals surface area contributed by atoms with Crippen LogP contribution in [0.15, 0.2) is 0 Å². The Hall–Kier alpha value is -2.05. The Morgan fingerprint density at radius 3 is 2.43 bits per heavy atom. The molecule has 0 aromatic carbocycles. The van der Waals surface area contributed by atoms with Gasteiger partial charge in [-0.2, -0.15) is 4.79 Å². The molecule has 0 fully saturated rings. The number of carbonyl (C=O) groups is 3. The van der Waals surface area contributed by atoms with E-state index in [1.165, 1.54) is 6.92 Å². The van der Waals surface area contributed by atoms with Crippen LogP contribution in [-0.2, 0) is 19.1 Å². The summed E-state index contributed by atoms with van der Waals surface area (Å²) in [5.74, 6) is -2.32. The molecule has 0 aliphatic rings. The van der Waals surface area contributed by atoms with Gasteiger partial charge in [-0.15, -0.1) is 0 Å². The largest absolute Gasteiger partial charge is 0.461 e. The average Bonchev–Trinajstić information content (AvgIpc) is 2.41. The van der Waals surface area contributed by atoms with E-state index < -0.39 is 29.6 Å². The zero-order valence-corrected chi connectivity index (χ0v) is 12.4. The maximum Gasteiger partial charge on any atom is 0.328 e. The molecule has 0 heterocycles. The highest BCUT2D eigenvalue weighted by molar-refractivity contribution is 6.25. The third-order valence-electron chi connectivity index (χ3n) is 2.56. The van der Waals surface area contributed by atoms with Gasteiger partial charge in [-0.1, -0.05) is 6.92 Å². The van der Waals surface area contributed by atoms with Crippen molar-refractivity contribution < 1.29 is 29.0 Å². The number of ether oxygens (including phenoxy) is 1. The van der Waals surface area contributed by atoms with E-state index in [1.807, 2.05) is 0 Å². The molecule has 0 aromatic rings. The van der Waals surface area contributed by atoms with E-state index >= 15 is 0 Å². The van der Waals surface area contributed by atoms with Gasteiger partial charge >= 0.3 is 12.2 Å². The third-order valence-corrected chi connectivity index (χ3v) is 2.56. The molecule has 0 aliphatic carbocycles. The first-order chi connectivity index (χ1) is 9.81. The molecule has 0 aromatic heterocycles. The average molecular weight is 299 g/mol. The molecule has 0 bridgehead atoms. The summed E-state index contributed by atoms with van der Waals surface area (Å²) >= 11 is 0. The van der Waals surface area contributed by atoms with Crippen molar-refractivity contribution in [3.8, 4) is 0 Å². The predicted molar refractivity (Wildman–Crippen MR) is 73.3 cm³/mol. The van der Waals surface area contributed by atoms with Crippen LogP contribution >= 0.6 is 0 Å². The second-order valence-electron chi connectivity index (χ2n) is 4.88. The Morgan fingerprint density at radius 2 is 1.95 bits per heavy atom. The highest BCUT2D eigenvalue weighted by Gasteiger charge is 2.26. The van der Waals surface area contributed by atoms with Crippen molar-refractivity contribution >= 4 is 23.9 Å². The minimum absolute atomic E-state index is 0.0142. The fourth-order valence-electron chi connectivity index (χ4n) is 1.38. The number of nitrogens with zero attached hydrogens (tertiary/aromatic N) is 2. The summed E-state index contributed by atoms with van der Waals surface area (Å²) in [6.07, 6.45) is 0.292. The number of Topliss-reactive ketones (excluding diaryl/α,β-unsaturated/α-hetero) is 1. The number of nitrogens with one attached hydrogen (secondary N) is 1. The van der Waals surface area contributed by atoms with Crippen molar-refractivity contribution in [1.29, 1.82) is 0 Å². The first-order valence-corrected chi connectivity index (χ1v) is 6.63. The second-order valence-corrected chi connectivity index (χ2v) is 4.88.